The third-order valence-corrected chi connectivity index (χ3v) is 19.3. The van der Waals surface area contributed by atoms with E-state index < -0.39 is 15.9 Å². The van der Waals surface area contributed by atoms with Crippen LogP contribution in [0.4, 0.5) is 9.59 Å². The molecule has 2 aliphatic rings. The molecule has 1 fully saturated rings. The van der Waals surface area contributed by atoms with E-state index in [-0.39, 0.29) is 23.1 Å². The highest BCUT2D eigenvalue weighted by Gasteiger charge is 2.63. The van der Waals surface area contributed by atoms with Crippen molar-refractivity contribution in [3.8, 4) is 33.4 Å². The van der Waals surface area contributed by atoms with Gasteiger partial charge in [-0.05, 0) is 74.7 Å². The molecular weight excluding hydrogens is 547 g/mol. The van der Waals surface area contributed by atoms with E-state index in [1.807, 2.05) is 12.1 Å². The minimum Gasteiger partial charge on any atom is -0.408 e. The van der Waals surface area contributed by atoms with Gasteiger partial charge in [0.2, 0.25) is 0 Å². The zero-order valence-electron chi connectivity index (χ0n) is 25.0. The van der Waals surface area contributed by atoms with E-state index >= 15 is 0 Å². The van der Waals surface area contributed by atoms with Gasteiger partial charge in [-0.15, -0.1) is 0 Å². The lowest BCUT2D eigenvalue weighted by molar-refractivity contribution is 0.256. The molecule has 4 aromatic carbocycles. The predicted molar refractivity (Wildman–Crippen MR) is 182 cm³/mol. The van der Waals surface area contributed by atoms with E-state index in [9.17, 15) is 9.59 Å². The van der Waals surface area contributed by atoms with E-state index in [1.165, 1.54) is 16.7 Å². The number of carbonyl (C=O) groups excluding carboxylic acids is 2. The van der Waals surface area contributed by atoms with Crippen LogP contribution < -0.4 is 10.5 Å². The van der Waals surface area contributed by atoms with Crippen LogP contribution in [0.5, 0.6) is 0 Å². The number of rotatable bonds is 7. The number of benzene rings is 4. The Morgan fingerprint density at radius 3 is 1.93 bits per heavy atom. The van der Waals surface area contributed by atoms with E-state index in [4.69, 9.17) is 0 Å². The van der Waals surface area contributed by atoms with Crippen LogP contribution in [0.3, 0.4) is 0 Å². The summed E-state index contributed by atoms with van der Waals surface area (Å²) >= 11 is 0. The lowest BCUT2D eigenvalue weighted by atomic mass is 9.88. The van der Waals surface area contributed by atoms with E-state index in [0.717, 1.165) is 39.8 Å². The van der Waals surface area contributed by atoms with Crippen molar-refractivity contribution in [1.29, 1.82) is 0 Å². The highest BCUT2D eigenvalue weighted by Crippen LogP contribution is 2.44. The molecule has 7 heteroatoms. The standard InChI is InChI=1S/C35H37BN2O2Si2/c1-6-24-20-27-18-13-19-31(32(27)33(24)37-34(39)41(2,3)36-38-35(40)42(36,4)5)30-22-28(25-14-9-7-10-15-25)21-29(23-30)26-16-11-8-12-17-26/h7-23,33H,6H2,1-5H3,(H,37,39)(H,38,40). The summed E-state index contributed by atoms with van der Waals surface area (Å²) in [6, 6.07) is 34.1. The maximum Gasteiger partial charge on any atom is 0.254 e. The molecule has 1 atom stereocenters. The summed E-state index contributed by atoms with van der Waals surface area (Å²) in [6.45, 7) is 10.5. The lowest BCUT2D eigenvalue weighted by Crippen LogP contribution is -2.87. The largest absolute Gasteiger partial charge is 0.408 e. The van der Waals surface area contributed by atoms with Crippen LogP contribution in [-0.4, -0.2) is 33.0 Å². The smallest absolute Gasteiger partial charge is 0.254 e. The third-order valence-electron chi connectivity index (χ3n) is 9.17. The summed E-state index contributed by atoms with van der Waals surface area (Å²) in [4.78, 5) is 26.4. The number of amides is 2. The average Bonchev–Trinajstić information content (AvgIpc) is 3.37. The maximum absolute atomic E-state index is 14.0. The lowest BCUT2D eigenvalue weighted by Gasteiger charge is -2.46. The van der Waals surface area contributed by atoms with Crippen molar-refractivity contribution in [2.24, 2.45) is 0 Å². The minimum absolute atomic E-state index is 0.0404. The van der Waals surface area contributed by atoms with Gasteiger partial charge < -0.3 is 10.5 Å². The molecular formula is C35H37BN2O2Si2. The summed E-state index contributed by atoms with van der Waals surface area (Å²) in [7, 11) is -4.62. The summed E-state index contributed by atoms with van der Waals surface area (Å²) in [6.07, 6.45) is 3.10. The van der Waals surface area contributed by atoms with Crippen LogP contribution in [-0.2, 0) is 0 Å². The maximum atomic E-state index is 14.0. The number of nitrogens with one attached hydrogen (secondary N) is 2. The molecule has 1 aliphatic heterocycles. The van der Waals surface area contributed by atoms with Crippen molar-refractivity contribution in [3.63, 3.8) is 0 Å². The van der Waals surface area contributed by atoms with Gasteiger partial charge in [0.05, 0.1) is 6.04 Å². The van der Waals surface area contributed by atoms with Crippen LogP contribution in [0.25, 0.3) is 39.5 Å². The van der Waals surface area contributed by atoms with Gasteiger partial charge >= 0.3 is 0 Å². The summed E-state index contributed by atoms with van der Waals surface area (Å²) in [5.74, 6) is 0. The second kappa shape index (κ2) is 10.7. The molecule has 0 aromatic heterocycles. The Morgan fingerprint density at radius 2 is 1.40 bits per heavy atom. The molecule has 4 aromatic rings. The van der Waals surface area contributed by atoms with Crippen molar-refractivity contribution in [2.75, 3.05) is 0 Å². The fraction of sp³-hybridized carbons (Fsp3) is 0.200. The Hall–Kier alpha value is -3.94. The first-order chi connectivity index (χ1) is 20.1. The Labute approximate surface area is 251 Å². The number of fused-ring (bicyclic) bond motifs is 1. The molecule has 0 spiro atoms. The van der Waals surface area contributed by atoms with E-state index in [1.54, 1.807) is 0 Å². The molecule has 0 saturated carbocycles. The molecule has 1 aliphatic carbocycles. The van der Waals surface area contributed by atoms with Gasteiger partial charge in [-0.25, -0.2) is 0 Å². The Kier molecular flexibility index (Phi) is 7.19. The normalized spacial score (nSPS) is 17.2. The average molecular weight is 585 g/mol. The molecule has 4 nitrogen and oxygen atoms in total. The number of hydrogen-bond donors (Lipinski definition) is 2. The van der Waals surface area contributed by atoms with Crippen molar-refractivity contribution in [1.82, 2.24) is 10.5 Å². The first-order valence-corrected chi connectivity index (χ1v) is 21.0. The molecule has 0 bridgehead atoms. The molecule has 42 heavy (non-hydrogen) atoms. The quantitative estimate of drug-likeness (QED) is 0.214. The van der Waals surface area contributed by atoms with Crippen molar-refractivity contribution < 1.29 is 9.59 Å². The predicted octanol–water partition coefficient (Wildman–Crippen LogP) is 8.70. The van der Waals surface area contributed by atoms with Gasteiger partial charge in [-0.2, -0.15) is 0 Å². The van der Waals surface area contributed by atoms with Crippen molar-refractivity contribution >= 4 is 39.1 Å². The van der Waals surface area contributed by atoms with Crippen LogP contribution in [0, 0.1) is 0 Å². The first kappa shape index (κ1) is 28.2. The molecule has 1 heterocycles. The van der Waals surface area contributed by atoms with Gasteiger partial charge in [0.1, 0.15) is 15.9 Å². The Balaban J connectivity index is 1.44. The molecule has 0 radical (unpaired) electrons. The topological polar surface area (TPSA) is 58.2 Å². The van der Waals surface area contributed by atoms with E-state index in [2.05, 4.69) is 135 Å². The number of hydrogen-bond acceptors (Lipinski definition) is 2. The van der Waals surface area contributed by atoms with Crippen molar-refractivity contribution in [2.45, 2.75) is 45.6 Å². The first-order valence-electron chi connectivity index (χ1n) is 14.8. The second-order valence-corrected chi connectivity index (χ2v) is 22.2. The zero-order valence-corrected chi connectivity index (χ0v) is 27.0. The van der Waals surface area contributed by atoms with Crippen LogP contribution in [0.1, 0.15) is 30.5 Å². The Bertz CT molecular complexity index is 1660. The van der Waals surface area contributed by atoms with Gasteiger partial charge in [0.25, 0.3) is 6.03 Å². The molecule has 6 rings (SSSR count). The Morgan fingerprint density at radius 1 is 0.833 bits per heavy atom. The zero-order chi connectivity index (χ0) is 29.6. The van der Waals surface area contributed by atoms with Crippen molar-refractivity contribution in [3.05, 3.63) is 114 Å². The third kappa shape index (κ3) is 4.80. The van der Waals surface area contributed by atoms with Gasteiger partial charge in [-0.3, -0.25) is 9.59 Å². The summed E-state index contributed by atoms with van der Waals surface area (Å²) < 4.78 is 0. The van der Waals surface area contributed by atoms with Crippen LogP contribution in [0.15, 0.2) is 103 Å². The summed E-state index contributed by atoms with van der Waals surface area (Å²) in [5, 5.41) is 6.62. The monoisotopic (exact) mass is 584 g/mol. The minimum atomic E-state index is -2.48. The highest BCUT2D eigenvalue weighted by atomic mass is 28.4. The molecule has 1 unspecified atom stereocenters. The van der Waals surface area contributed by atoms with Gasteiger partial charge in [0, 0.05) is 0 Å². The summed E-state index contributed by atoms with van der Waals surface area (Å²) in [5.41, 5.74) is 10.7. The second-order valence-electron chi connectivity index (χ2n) is 12.7. The van der Waals surface area contributed by atoms with Crippen LogP contribution in [0.2, 0.25) is 26.2 Å². The molecule has 1 saturated heterocycles. The SMILES string of the molecule is CCC1=Cc2cccc(-c3cc(-c4ccccc4)cc(-c4ccccc4)c3)c2C1NC(=O)[Si](C)(C)B1NC(=O)[Si]1(C)C. The van der Waals surface area contributed by atoms with Gasteiger partial charge in [0.15, 0.2) is 11.1 Å². The van der Waals surface area contributed by atoms with E-state index in [0.29, 0.717) is 0 Å². The van der Waals surface area contributed by atoms with Crippen LogP contribution >= 0.6 is 0 Å². The molecule has 210 valence electrons. The molecule has 2 amide bonds. The fourth-order valence-electron chi connectivity index (χ4n) is 6.68. The fourth-order valence-corrected chi connectivity index (χ4v) is 17.1. The molecule has 2 N–H and O–H groups in total. The van der Waals surface area contributed by atoms with Gasteiger partial charge in [-0.1, -0.05) is 118 Å². The highest BCUT2D eigenvalue weighted by molar-refractivity contribution is 7.75. The number of carbonyl (C=O) groups is 2.